The lowest BCUT2D eigenvalue weighted by atomic mass is 10.1. The van der Waals surface area contributed by atoms with Crippen molar-refractivity contribution in [2.75, 3.05) is 0 Å². The van der Waals surface area contributed by atoms with Crippen LogP contribution in [0.25, 0.3) is 17.0 Å². The molecular formula is C29H25N3O3S. The van der Waals surface area contributed by atoms with E-state index in [-0.39, 0.29) is 36.2 Å². The largest absolute Gasteiger partial charge is 0.348 e. The Balaban J connectivity index is 1.37. The molecule has 0 spiro atoms. The van der Waals surface area contributed by atoms with Crippen LogP contribution in [0.3, 0.4) is 0 Å². The third-order valence-electron chi connectivity index (χ3n) is 6.15. The number of para-hydroxylation sites is 1. The summed E-state index contributed by atoms with van der Waals surface area (Å²) in [6.07, 6.45) is 3.61. The predicted molar refractivity (Wildman–Crippen MR) is 143 cm³/mol. The molecule has 1 aromatic heterocycles. The molecule has 1 fully saturated rings. The molecule has 1 atom stereocenters. The average molecular weight is 496 g/mol. The van der Waals surface area contributed by atoms with Crippen molar-refractivity contribution in [2.45, 2.75) is 26.1 Å². The second kappa shape index (κ2) is 10.3. The Morgan fingerprint density at radius 2 is 1.61 bits per heavy atom. The minimum absolute atomic E-state index is 0.109. The number of amides is 3. The minimum Gasteiger partial charge on any atom is -0.348 e. The van der Waals surface area contributed by atoms with E-state index >= 15 is 0 Å². The van der Waals surface area contributed by atoms with Crippen molar-refractivity contribution in [1.29, 1.82) is 0 Å². The SMILES string of the molecule is CC(NC(=O)Cn1cc(/C=C2\SC(=O)N(Cc3ccccc3)C2=O)c2ccccc21)c1ccccc1. The van der Waals surface area contributed by atoms with Crippen LogP contribution in [-0.4, -0.2) is 26.5 Å². The van der Waals surface area contributed by atoms with Gasteiger partial charge in [0.25, 0.3) is 11.1 Å². The molecule has 1 saturated heterocycles. The van der Waals surface area contributed by atoms with E-state index in [1.54, 1.807) is 6.08 Å². The molecule has 36 heavy (non-hydrogen) atoms. The fourth-order valence-corrected chi connectivity index (χ4v) is 5.16. The molecule has 0 aliphatic carbocycles. The number of aromatic nitrogens is 1. The van der Waals surface area contributed by atoms with E-state index in [0.717, 1.165) is 39.4 Å². The Morgan fingerprint density at radius 3 is 2.36 bits per heavy atom. The molecule has 4 aromatic rings. The van der Waals surface area contributed by atoms with Gasteiger partial charge in [0.2, 0.25) is 5.91 Å². The summed E-state index contributed by atoms with van der Waals surface area (Å²) in [6.45, 7) is 2.34. The third kappa shape index (κ3) is 4.97. The van der Waals surface area contributed by atoms with Gasteiger partial charge >= 0.3 is 0 Å². The molecule has 5 rings (SSSR count). The average Bonchev–Trinajstić information content (AvgIpc) is 3.37. The van der Waals surface area contributed by atoms with Gasteiger partial charge in [-0.1, -0.05) is 78.9 Å². The minimum atomic E-state index is -0.305. The number of nitrogens with one attached hydrogen (secondary N) is 1. The van der Waals surface area contributed by atoms with Gasteiger partial charge in [-0.2, -0.15) is 0 Å². The van der Waals surface area contributed by atoms with Crippen molar-refractivity contribution in [2.24, 2.45) is 0 Å². The highest BCUT2D eigenvalue weighted by molar-refractivity contribution is 8.18. The summed E-state index contributed by atoms with van der Waals surface area (Å²) in [6, 6.07) is 26.9. The number of imide groups is 1. The highest BCUT2D eigenvalue weighted by Crippen LogP contribution is 2.35. The zero-order valence-corrected chi connectivity index (χ0v) is 20.6. The zero-order chi connectivity index (χ0) is 25.1. The highest BCUT2D eigenvalue weighted by Gasteiger charge is 2.35. The standard InChI is InChI=1S/C29H25N3O3S/c1-20(22-12-6-3-7-13-22)30-27(33)19-31-18-23(24-14-8-9-15-25(24)31)16-26-28(34)32(29(35)36-26)17-21-10-4-2-5-11-21/h2-16,18,20H,17,19H2,1H3,(H,30,33)/b26-16-. The lowest BCUT2D eigenvalue weighted by molar-refractivity contribution is -0.123. The first-order valence-corrected chi connectivity index (χ1v) is 12.5. The van der Waals surface area contributed by atoms with Crippen LogP contribution in [0.15, 0.2) is 96.0 Å². The quantitative estimate of drug-likeness (QED) is 0.331. The third-order valence-corrected chi connectivity index (χ3v) is 7.06. The number of fused-ring (bicyclic) bond motifs is 1. The molecule has 1 N–H and O–H groups in total. The molecule has 1 aliphatic rings. The smallest absolute Gasteiger partial charge is 0.293 e. The van der Waals surface area contributed by atoms with E-state index in [9.17, 15) is 14.4 Å². The number of hydrogen-bond acceptors (Lipinski definition) is 4. The second-order valence-corrected chi connectivity index (χ2v) is 9.68. The monoisotopic (exact) mass is 495 g/mol. The van der Waals surface area contributed by atoms with Crippen LogP contribution in [0.2, 0.25) is 0 Å². The lowest BCUT2D eigenvalue weighted by Crippen LogP contribution is -2.29. The summed E-state index contributed by atoms with van der Waals surface area (Å²) in [5, 5.41) is 3.68. The number of carbonyl (C=O) groups excluding carboxylic acids is 3. The highest BCUT2D eigenvalue weighted by atomic mass is 32.2. The number of benzene rings is 3. The summed E-state index contributed by atoms with van der Waals surface area (Å²) >= 11 is 0.944. The Morgan fingerprint density at radius 1 is 0.944 bits per heavy atom. The van der Waals surface area contributed by atoms with Gasteiger partial charge < -0.3 is 9.88 Å². The van der Waals surface area contributed by atoms with Crippen molar-refractivity contribution >= 4 is 45.8 Å². The van der Waals surface area contributed by atoms with Crippen molar-refractivity contribution < 1.29 is 14.4 Å². The van der Waals surface area contributed by atoms with E-state index in [0.29, 0.717) is 4.91 Å². The summed E-state index contributed by atoms with van der Waals surface area (Å²) in [4.78, 5) is 40.1. The molecule has 1 aliphatic heterocycles. The van der Waals surface area contributed by atoms with Gasteiger partial charge in [-0.15, -0.1) is 0 Å². The molecule has 0 radical (unpaired) electrons. The molecule has 3 aromatic carbocycles. The Bertz CT molecular complexity index is 1460. The van der Waals surface area contributed by atoms with Gasteiger partial charge in [-0.3, -0.25) is 19.3 Å². The first kappa shape index (κ1) is 23.6. The topological polar surface area (TPSA) is 71.4 Å². The van der Waals surface area contributed by atoms with Crippen molar-refractivity contribution in [3.63, 3.8) is 0 Å². The summed E-state index contributed by atoms with van der Waals surface area (Å²) in [5.74, 6) is -0.415. The van der Waals surface area contributed by atoms with Crippen molar-refractivity contribution in [3.05, 3.63) is 113 Å². The number of hydrogen-bond donors (Lipinski definition) is 1. The Hall–Kier alpha value is -4.10. The molecule has 180 valence electrons. The first-order valence-electron chi connectivity index (χ1n) is 11.7. The predicted octanol–water partition coefficient (Wildman–Crippen LogP) is 5.76. The van der Waals surface area contributed by atoms with Crippen molar-refractivity contribution in [1.82, 2.24) is 14.8 Å². The van der Waals surface area contributed by atoms with Crippen molar-refractivity contribution in [3.8, 4) is 0 Å². The Labute approximate surface area is 213 Å². The zero-order valence-electron chi connectivity index (χ0n) is 19.8. The van der Waals surface area contributed by atoms with Gasteiger partial charge in [-0.05, 0) is 42.0 Å². The lowest BCUT2D eigenvalue weighted by Gasteiger charge is -2.15. The second-order valence-electron chi connectivity index (χ2n) is 8.68. The van der Waals surface area contributed by atoms with E-state index < -0.39 is 0 Å². The van der Waals surface area contributed by atoms with E-state index in [4.69, 9.17) is 0 Å². The molecule has 6 nitrogen and oxygen atoms in total. The van der Waals surface area contributed by atoms with Crippen LogP contribution in [0.5, 0.6) is 0 Å². The van der Waals surface area contributed by atoms with E-state index in [1.165, 1.54) is 4.90 Å². The van der Waals surface area contributed by atoms with Gasteiger partial charge in [0.1, 0.15) is 6.54 Å². The normalized spacial score (nSPS) is 15.6. The maximum absolute atomic E-state index is 13.0. The van der Waals surface area contributed by atoms with Gasteiger partial charge in [0.15, 0.2) is 0 Å². The maximum Gasteiger partial charge on any atom is 0.293 e. The summed E-state index contributed by atoms with van der Waals surface area (Å²) < 4.78 is 1.88. The molecule has 0 saturated carbocycles. The number of thioether (sulfide) groups is 1. The fraction of sp³-hybridized carbons (Fsp3) is 0.138. The molecule has 2 heterocycles. The number of carbonyl (C=O) groups is 3. The molecular weight excluding hydrogens is 470 g/mol. The molecule has 0 bridgehead atoms. The molecule has 7 heteroatoms. The van der Waals surface area contributed by atoms with Crippen LogP contribution in [0, 0.1) is 0 Å². The van der Waals surface area contributed by atoms with Gasteiger partial charge in [-0.25, -0.2) is 0 Å². The maximum atomic E-state index is 13.0. The van der Waals surface area contributed by atoms with Gasteiger partial charge in [0, 0.05) is 22.7 Å². The summed E-state index contributed by atoms with van der Waals surface area (Å²) in [5.41, 5.74) is 3.61. The van der Waals surface area contributed by atoms with Crippen LogP contribution >= 0.6 is 11.8 Å². The summed E-state index contributed by atoms with van der Waals surface area (Å²) in [7, 11) is 0. The van der Waals surface area contributed by atoms with Crippen LogP contribution < -0.4 is 5.32 Å². The first-order chi connectivity index (χ1) is 17.5. The van der Waals surface area contributed by atoms with E-state index in [2.05, 4.69) is 5.32 Å². The Kier molecular flexibility index (Phi) is 6.73. The van der Waals surface area contributed by atoms with Crippen LogP contribution in [0.1, 0.15) is 29.7 Å². The number of rotatable bonds is 7. The fourth-order valence-electron chi connectivity index (χ4n) is 4.33. The number of nitrogens with zero attached hydrogens (tertiary/aromatic N) is 2. The molecule has 3 amide bonds. The van der Waals surface area contributed by atoms with E-state index in [1.807, 2.05) is 103 Å². The van der Waals surface area contributed by atoms with Gasteiger partial charge in [0.05, 0.1) is 17.5 Å². The molecule has 1 unspecified atom stereocenters. The van der Waals surface area contributed by atoms with Crippen LogP contribution in [-0.2, 0) is 22.7 Å². The van der Waals surface area contributed by atoms with Crippen LogP contribution in [0.4, 0.5) is 4.79 Å².